The van der Waals surface area contributed by atoms with E-state index < -0.39 is 0 Å². The van der Waals surface area contributed by atoms with Crippen LogP contribution < -0.4 is 4.90 Å². The molecule has 0 fully saturated rings. The normalized spacial score (nSPS) is 13.9. The first-order chi connectivity index (χ1) is 6.86. The van der Waals surface area contributed by atoms with Gasteiger partial charge in [-0.2, -0.15) is 0 Å². The van der Waals surface area contributed by atoms with E-state index in [1.165, 1.54) is 0 Å². The summed E-state index contributed by atoms with van der Waals surface area (Å²) in [5.41, 5.74) is 3.00. The minimum Gasteiger partial charge on any atom is -0.367 e. The topological polar surface area (TPSA) is 20.3 Å². The molecule has 1 aromatic carbocycles. The highest BCUT2D eigenvalue weighted by Gasteiger charge is 2.14. The molecule has 1 aliphatic heterocycles. The van der Waals surface area contributed by atoms with Gasteiger partial charge in [0.15, 0.2) is 6.29 Å². The summed E-state index contributed by atoms with van der Waals surface area (Å²) >= 11 is 0. The molecule has 14 heavy (non-hydrogen) atoms. The lowest BCUT2D eigenvalue weighted by molar-refractivity contribution is 0.112. The van der Waals surface area contributed by atoms with Gasteiger partial charge in [0.05, 0.1) is 5.69 Å². The Bertz CT molecular complexity index is 382. The number of benzene rings is 1. The van der Waals surface area contributed by atoms with Crippen LogP contribution in [-0.4, -0.2) is 19.4 Å². The Hall–Kier alpha value is -1.57. The lowest BCUT2D eigenvalue weighted by atomic mass is 10.0. The van der Waals surface area contributed by atoms with E-state index in [1.54, 1.807) is 0 Å². The van der Waals surface area contributed by atoms with E-state index in [0.29, 0.717) is 0 Å². The van der Waals surface area contributed by atoms with Crippen molar-refractivity contribution in [1.82, 2.24) is 0 Å². The largest absolute Gasteiger partial charge is 0.367 e. The lowest BCUT2D eigenvalue weighted by Gasteiger charge is -2.27. The SMILES string of the molecule is CCN1CC=Cc2cccc(C=O)c21. The number of hydrogen-bond acceptors (Lipinski definition) is 2. The molecule has 1 aromatic rings. The highest BCUT2D eigenvalue weighted by molar-refractivity contribution is 5.90. The van der Waals surface area contributed by atoms with Crippen molar-refractivity contribution in [3.8, 4) is 0 Å². The van der Waals surface area contributed by atoms with Crippen LogP contribution in [-0.2, 0) is 0 Å². The summed E-state index contributed by atoms with van der Waals surface area (Å²) in [5, 5.41) is 0. The summed E-state index contributed by atoms with van der Waals surface area (Å²) in [6, 6.07) is 5.83. The third-order valence-electron chi connectivity index (χ3n) is 2.55. The second-order valence-corrected chi connectivity index (χ2v) is 3.34. The highest BCUT2D eigenvalue weighted by atomic mass is 16.1. The molecule has 2 rings (SSSR count). The van der Waals surface area contributed by atoms with Crippen molar-refractivity contribution in [2.75, 3.05) is 18.0 Å². The molecule has 0 aromatic heterocycles. The maximum Gasteiger partial charge on any atom is 0.152 e. The molecule has 0 atom stereocenters. The number of carbonyl (C=O) groups excluding carboxylic acids is 1. The summed E-state index contributed by atoms with van der Waals surface area (Å²) in [7, 11) is 0. The van der Waals surface area contributed by atoms with Gasteiger partial charge in [-0.05, 0) is 18.6 Å². The molecular formula is C12H13NO. The molecule has 0 unspecified atom stereocenters. The Morgan fingerprint density at radius 2 is 2.36 bits per heavy atom. The molecule has 2 heteroatoms. The van der Waals surface area contributed by atoms with E-state index in [4.69, 9.17) is 0 Å². The molecule has 2 nitrogen and oxygen atoms in total. The summed E-state index contributed by atoms with van der Waals surface area (Å²) in [4.78, 5) is 13.1. The van der Waals surface area contributed by atoms with Crippen molar-refractivity contribution in [2.45, 2.75) is 6.92 Å². The Kier molecular flexibility index (Phi) is 2.35. The number of para-hydroxylation sites is 1. The van der Waals surface area contributed by atoms with Crippen LogP contribution in [0.2, 0.25) is 0 Å². The van der Waals surface area contributed by atoms with E-state index in [0.717, 1.165) is 36.2 Å². The Labute approximate surface area is 83.8 Å². The molecule has 0 bridgehead atoms. The molecule has 0 amide bonds. The van der Waals surface area contributed by atoms with Crippen LogP contribution in [0.4, 0.5) is 5.69 Å². The van der Waals surface area contributed by atoms with E-state index in [1.807, 2.05) is 18.2 Å². The fourth-order valence-corrected chi connectivity index (χ4v) is 1.86. The van der Waals surface area contributed by atoms with Gasteiger partial charge in [0.1, 0.15) is 0 Å². The molecule has 0 spiro atoms. The lowest BCUT2D eigenvalue weighted by Crippen LogP contribution is -2.26. The summed E-state index contributed by atoms with van der Waals surface area (Å²) in [6.07, 6.45) is 5.13. The highest BCUT2D eigenvalue weighted by Crippen LogP contribution is 2.28. The van der Waals surface area contributed by atoms with E-state index in [9.17, 15) is 4.79 Å². The van der Waals surface area contributed by atoms with Gasteiger partial charge >= 0.3 is 0 Å². The molecular weight excluding hydrogens is 174 g/mol. The van der Waals surface area contributed by atoms with Crippen molar-refractivity contribution >= 4 is 18.0 Å². The summed E-state index contributed by atoms with van der Waals surface area (Å²) in [5.74, 6) is 0. The van der Waals surface area contributed by atoms with Gasteiger partial charge in [0.2, 0.25) is 0 Å². The number of carbonyl (C=O) groups is 1. The van der Waals surface area contributed by atoms with E-state index >= 15 is 0 Å². The third kappa shape index (κ3) is 1.33. The van der Waals surface area contributed by atoms with Crippen molar-refractivity contribution in [2.24, 2.45) is 0 Å². The molecule has 1 heterocycles. The van der Waals surface area contributed by atoms with Gasteiger partial charge < -0.3 is 4.90 Å². The number of rotatable bonds is 2. The van der Waals surface area contributed by atoms with Crippen LogP contribution in [0.5, 0.6) is 0 Å². The number of fused-ring (bicyclic) bond motifs is 1. The molecule has 1 aliphatic rings. The van der Waals surface area contributed by atoms with Gasteiger partial charge in [-0.3, -0.25) is 4.79 Å². The van der Waals surface area contributed by atoms with Gasteiger partial charge in [-0.15, -0.1) is 0 Å². The monoisotopic (exact) mass is 187 g/mol. The minimum atomic E-state index is 0.786. The summed E-state index contributed by atoms with van der Waals surface area (Å²) in [6.45, 7) is 3.93. The Morgan fingerprint density at radius 1 is 1.50 bits per heavy atom. The average Bonchev–Trinajstić information content (AvgIpc) is 2.27. The van der Waals surface area contributed by atoms with Gasteiger partial charge in [0, 0.05) is 18.7 Å². The van der Waals surface area contributed by atoms with Crippen molar-refractivity contribution in [3.05, 3.63) is 35.4 Å². The zero-order valence-electron chi connectivity index (χ0n) is 8.23. The Balaban J connectivity index is 2.58. The van der Waals surface area contributed by atoms with Crippen LogP contribution in [0.1, 0.15) is 22.8 Å². The van der Waals surface area contributed by atoms with Crippen molar-refractivity contribution in [3.63, 3.8) is 0 Å². The number of anilines is 1. The smallest absolute Gasteiger partial charge is 0.152 e. The van der Waals surface area contributed by atoms with Crippen LogP contribution in [0.3, 0.4) is 0 Å². The second kappa shape index (κ2) is 3.66. The quantitative estimate of drug-likeness (QED) is 0.662. The number of aldehydes is 1. The standard InChI is InChI=1S/C12H13NO/c1-2-13-8-4-7-10-5-3-6-11(9-14)12(10)13/h3-7,9H,2,8H2,1H3. The second-order valence-electron chi connectivity index (χ2n) is 3.34. The first-order valence-corrected chi connectivity index (χ1v) is 4.86. The zero-order valence-corrected chi connectivity index (χ0v) is 8.23. The average molecular weight is 187 g/mol. The predicted molar refractivity (Wildman–Crippen MR) is 58.8 cm³/mol. The third-order valence-corrected chi connectivity index (χ3v) is 2.55. The number of nitrogens with zero attached hydrogens (tertiary/aromatic N) is 1. The van der Waals surface area contributed by atoms with Crippen molar-refractivity contribution in [1.29, 1.82) is 0 Å². The Morgan fingerprint density at radius 3 is 3.07 bits per heavy atom. The number of likely N-dealkylation sites (N-methyl/N-ethyl adjacent to an activating group) is 1. The molecule has 0 N–H and O–H groups in total. The molecule has 72 valence electrons. The predicted octanol–water partition coefficient (Wildman–Crippen LogP) is 2.35. The van der Waals surface area contributed by atoms with Gasteiger partial charge in [0.25, 0.3) is 0 Å². The minimum absolute atomic E-state index is 0.786. The fraction of sp³-hybridized carbons (Fsp3) is 0.250. The van der Waals surface area contributed by atoms with Crippen LogP contribution >= 0.6 is 0 Å². The molecule has 0 aliphatic carbocycles. The maximum atomic E-state index is 10.9. The molecule has 0 saturated carbocycles. The van der Waals surface area contributed by atoms with Crippen molar-refractivity contribution < 1.29 is 4.79 Å². The molecule has 0 radical (unpaired) electrons. The zero-order chi connectivity index (χ0) is 9.97. The van der Waals surface area contributed by atoms with Gasteiger partial charge in [-0.25, -0.2) is 0 Å². The first-order valence-electron chi connectivity index (χ1n) is 4.86. The molecule has 0 saturated heterocycles. The van der Waals surface area contributed by atoms with Gasteiger partial charge in [-0.1, -0.05) is 24.3 Å². The van der Waals surface area contributed by atoms with Crippen LogP contribution in [0, 0.1) is 0 Å². The number of hydrogen-bond donors (Lipinski definition) is 0. The van der Waals surface area contributed by atoms with E-state index in [2.05, 4.69) is 24.0 Å². The van der Waals surface area contributed by atoms with Crippen LogP contribution in [0.15, 0.2) is 24.3 Å². The first kappa shape index (κ1) is 9.00. The van der Waals surface area contributed by atoms with Crippen LogP contribution in [0.25, 0.3) is 6.08 Å². The maximum absolute atomic E-state index is 10.9. The van der Waals surface area contributed by atoms with E-state index in [-0.39, 0.29) is 0 Å². The fourth-order valence-electron chi connectivity index (χ4n) is 1.86. The summed E-state index contributed by atoms with van der Waals surface area (Å²) < 4.78 is 0.